The molecule has 28 heavy (non-hydrogen) atoms. The zero-order valence-corrected chi connectivity index (χ0v) is 17.5. The van der Waals surface area contributed by atoms with E-state index in [1.165, 1.54) is 25.7 Å². The molecule has 1 aliphatic heterocycles. The largest absolute Gasteiger partial charge is 0.378 e. The predicted octanol–water partition coefficient (Wildman–Crippen LogP) is 3.80. The Morgan fingerprint density at radius 1 is 1.21 bits per heavy atom. The number of ether oxygens (including phenoxy) is 1. The van der Waals surface area contributed by atoms with Crippen molar-refractivity contribution in [3.05, 3.63) is 28.3 Å². The molecule has 1 N–H and O–H groups in total. The van der Waals surface area contributed by atoms with Crippen LogP contribution in [0.4, 0.5) is 0 Å². The van der Waals surface area contributed by atoms with E-state index in [0.717, 1.165) is 55.8 Å². The number of aromatic nitrogens is 3. The van der Waals surface area contributed by atoms with Crippen LogP contribution in [0.15, 0.2) is 16.9 Å². The molecule has 0 unspecified atom stereocenters. The number of nitrogens with one attached hydrogen (secondary N) is 1. The van der Waals surface area contributed by atoms with Crippen molar-refractivity contribution in [3.63, 3.8) is 0 Å². The van der Waals surface area contributed by atoms with Gasteiger partial charge in [-0.25, -0.2) is 9.78 Å². The van der Waals surface area contributed by atoms with Crippen LogP contribution in [0.1, 0.15) is 70.5 Å². The number of hydrogen-bond acceptors (Lipinski definition) is 4. The SMILES string of the molecule is CCCO[C@H]1CC[C@@](C)(N2CCC(n3c(=O)[nH]c4ccc(C)nc43)CC2)CC1. The Labute approximate surface area is 167 Å². The second-order valence-electron chi connectivity index (χ2n) is 8.91. The van der Waals surface area contributed by atoms with Gasteiger partial charge in [-0.15, -0.1) is 0 Å². The van der Waals surface area contributed by atoms with Crippen molar-refractivity contribution < 1.29 is 4.74 Å². The Bertz CT molecular complexity index is 855. The molecule has 0 radical (unpaired) electrons. The fraction of sp³-hybridized carbons (Fsp3) is 0.727. The average molecular weight is 387 g/mol. The molecule has 2 aromatic rings. The summed E-state index contributed by atoms with van der Waals surface area (Å²) in [7, 11) is 0. The number of nitrogens with zero attached hydrogens (tertiary/aromatic N) is 3. The third kappa shape index (κ3) is 3.77. The molecule has 1 saturated carbocycles. The van der Waals surface area contributed by atoms with Gasteiger partial charge in [0.2, 0.25) is 0 Å². The Balaban J connectivity index is 1.41. The van der Waals surface area contributed by atoms with Crippen LogP contribution in [0, 0.1) is 6.92 Å². The van der Waals surface area contributed by atoms with Crippen molar-refractivity contribution in [2.75, 3.05) is 19.7 Å². The lowest BCUT2D eigenvalue weighted by molar-refractivity contribution is -0.0305. The van der Waals surface area contributed by atoms with Crippen molar-refractivity contribution in [2.45, 2.75) is 83.4 Å². The maximum Gasteiger partial charge on any atom is 0.327 e. The first kappa shape index (κ1) is 19.6. The number of rotatable bonds is 5. The van der Waals surface area contributed by atoms with E-state index in [0.29, 0.717) is 6.10 Å². The summed E-state index contributed by atoms with van der Waals surface area (Å²) >= 11 is 0. The van der Waals surface area contributed by atoms with Gasteiger partial charge in [0.25, 0.3) is 0 Å². The molecule has 0 aromatic carbocycles. The van der Waals surface area contributed by atoms with Gasteiger partial charge in [0.15, 0.2) is 5.65 Å². The molecule has 154 valence electrons. The molecule has 2 fully saturated rings. The fourth-order valence-electron chi connectivity index (χ4n) is 5.08. The number of hydrogen-bond donors (Lipinski definition) is 1. The second kappa shape index (κ2) is 7.99. The minimum atomic E-state index is -0.0219. The monoisotopic (exact) mass is 386 g/mol. The summed E-state index contributed by atoms with van der Waals surface area (Å²) in [6, 6.07) is 4.15. The Morgan fingerprint density at radius 3 is 2.61 bits per heavy atom. The smallest absolute Gasteiger partial charge is 0.327 e. The van der Waals surface area contributed by atoms with Crippen LogP contribution >= 0.6 is 0 Å². The average Bonchev–Trinajstić information content (AvgIpc) is 3.02. The first-order valence-corrected chi connectivity index (χ1v) is 10.9. The molecule has 0 atom stereocenters. The van der Waals surface area contributed by atoms with Crippen LogP contribution in [0.3, 0.4) is 0 Å². The Morgan fingerprint density at radius 2 is 1.93 bits per heavy atom. The lowest BCUT2D eigenvalue weighted by Crippen LogP contribution is -2.53. The van der Waals surface area contributed by atoms with Gasteiger partial charge in [0.1, 0.15) is 0 Å². The summed E-state index contributed by atoms with van der Waals surface area (Å²) in [6.45, 7) is 9.56. The molecule has 2 aromatic heterocycles. The molecule has 3 heterocycles. The van der Waals surface area contributed by atoms with Crippen LogP contribution in [0.5, 0.6) is 0 Å². The van der Waals surface area contributed by atoms with Gasteiger partial charge in [0, 0.05) is 37.0 Å². The predicted molar refractivity (Wildman–Crippen MR) is 112 cm³/mol. The van der Waals surface area contributed by atoms with E-state index in [4.69, 9.17) is 4.74 Å². The summed E-state index contributed by atoms with van der Waals surface area (Å²) in [4.78, 5) is 22.8. The van der Waals surface area contributed by atoms with Gasteiger partial charge in [-0.3, -0.25) is 9.47 Å². The summed E-state index contributed by atoms with van der Waals surface area (Å²) in [6.07, 6.45) is 8.32. The van der Waals surface area contributed by atoms with Gasteiger partial charge in [0.05, 0.1) is 11.6 Å². The van der Waals surface area contributed by atoms with Gasteiger partial charge in [-0.2, -0.15) is 0 Å². The topological polar surface area (TPSA) is 63.1 Å². The van der Waals surface area contributed by atoms with E-state index in [9.17, 15) is 4.79 Å². The Hall–Kier alpha value is -1.66. The molecule has 6 heteroatoms. The highest BCUT2D eigenvalue weighted by Crippen LogP contribution is 2.37. The molecular weight excluding hydrogens is 352 g/mol. The highest BCUT2D eigenvalue weighted by Gasteiger charge is 2.38. The van der Waals surface area contributed by atoms with Crippen molar-refractivity contribution in [1.82, 2.24) is 19.4 Å². The van der Waals surface area contributed by atoms with Gasteiger partial charge >= 0.3 is 5.69 Å². The molecule has 6 nitrogen and oxygen atoms in total. The van der Waals surface area contributed by atoms with E-state index < -0.39 is 0 Å². The van der Waals surface area contributed by atoms with Gasteiger partial charge in [-0.05, 0) is 70.9 Å². The quantitative estimate of drug-likeness (QED) is 0.849. The van der Waals surface area contributed by atoms with Crippen molar-refractivity contribution in [3.8, 4) is 0 Å². The maximum absolute atomic E-state index is 12.6. The van der Waals surface area contributed by atoms with E-state index in [1.807, 2.05) is 23.6 Å². The van der Waals surface area contributed by atoms with E-state index in [2.05, 4.69) is 28.7 Å². The normalized spacial score (nSPS) is 27.5. The number of pyridine rings is 1. The molecule has 4 rings (SSSR count). The summed E-state index contributed by atoms with van der Waals surface area (Å²) in [5, 5.41) is 0. The summed E-state index contributed by atoms with van der Waals surface area (Å²) in [5.74, 6) is 0. The molecular formula is C22H34N4O2. The number of imidazole rings is 1. The van der Waals surface area contributed by atoms with Gasteiger partial charge < -0.3 is 9.72 Å². The van der Waals surface area contributed by atoms with Crippen LogP contribution in [0.25, 0.3) is 11.2 Å². The number of aromatic amines is 1. The van der Waals surface area contributed by atoms with E-state index in [1.54, 1.807) is 0 Å². The second-order valence-corrected chi connectivity index (χ2v) is 8.91. The standard InChI is InChI=1S/C22H34N4O2/c1-4-15-28-18-7-11-22(3,12-8-18)25-13-9-17(10-14-25)26-20-19(24-21(26)27)6-5-16(2)23-20/h5-6,17-18H,4,7-15H2,1-3H3,(H,24,27)/t18-,22+. The zero-order chi connectivity index (χ0) is 19.7. The number of H-pyrrole nitrogens is 1. The van der Waals surface area contributed by atoms with Crippen LogP contribution < -0.4 is 5.69 Å². The molecule has 1 aliphatic carbocycles. The molecule has 0 spiro atoms. The minimum absolute atomic E-state index is 0.0219. The van der Waals surface area contributed by atoms with Crippen molar-refractivity contribution in [2.24, 2.45) is 0 Å². The minimum Gasteiger partial charge on any atom is -0.378 e. The van der Waals surface area contributed by atoms with Crippen molar-refractivity contribution in [1.29, 1.82) is 0 Å². The van der Waals surface area contributed by atoms with Crippen LogP contribution in [-0.2, 0) is 4.74 Å². The maximum atomic E-state index is 12.6. The molecule has 0 amide bonds. The van der Waals surface area contributed by atoms with E-state index in [-0.39, 0.29) is 17.3 Å². The number of likely N-dealkylation sites (tertiary alicyclic amines) is 1. The summed E-state index contributed by atoms with van der Waals surface area (Å²) < 4.78 is 7.88. The summed E-state index contributed by atoms with van der Waals surface area (Å²) in [5.41, 5.74) is 2.86. The van der Waals surface area contributed by atoms with E-state index >= 15 is 0 Å². The molecule has 0 bridgehead atoms. The molecule has 2 aliphatic rings. The van der Waals surface area contributed by atoms with Gasteiger partial charge in [-0.1, -0.05) is 6.92 Å². The number of aryl methyl sites for hydroxylation is 1. The third-order valence-electron chi connectivity index (χ3n) is 6.86. The number of fused-ring (bicyclic) bond motifs is 1. The van der Waals surface area contributed by atoms with Crippen molar-refractivity contribution >= 4 is 11.2 Å². The Kier molecular flexibility index (Phi) is 5.61. The highest BCUT2D eigenvalue weighted by atomic mass is 16.5. The number of piperidine rings is 1. The highest BCUT2D eigenvalue weighted by molar-refractivity contribution is 5.70. The van der Waals surface area contributed by atoms with Crippen LogP contribution in [0.2, 0.25) is 0 Å². The van der Waals surface area contributed by atoms with Crippen LogP contribution in [-0.4, -0.2) is 50.8 Å². The first-order chi connectivity index (χ1) is 13.5. The first-order valence-electron chi connectivity index (χ1n) is 10.9. The zero-order valence-electron chi connectivity index (χ0n) is 17.5. The molecule has 1 saturated heterocycles. The lowest BCUT2D eigenvalue weighted by atomic mass is 9.79. The lowest BCUT2D eigenvalue weighted by Gasteiger charge is -2.48. The third-order valence-corrected chi connectivity index (χ3v) is 6.86. The fourth-order valence-corrected chi connectivity index (χ4v) is 5.08.